The Kier molecular flexibility index (Phi) is 8.29. The lowest BCUT2D eigenvalue weighted by molar-refractivity contribution is -0.384. The summed E-state index contributed by atoms with van der Waals surface area (Å²) in [5.74, 6) is -0.988. The fraction of sp³-hybridized carbons (Fsp3) is 0.115. The number of nitriles is 1. The number of non-ortho nitro benzene ring substituents is 1. The highest BCUT2D eigenvalue weighted by molar-refractivity contribution is 6.02. The molecule has 0 spiro atoms. The summed E-state index contributed by atoms with van der Waals surface area (Å²) in [6.45, 7) is 1.39. The molecule has 0 aliphatic heterocycles. The molecule has 3 aromatic carbocycles. The predicted molar refractivity (Wildman–Crippen MR) is 130 cm³/mol. The Morgan fingerprint density at radius 1 is 1.09 bits per heavy atom. The number of carbonyl (C=O) groups excluding carboxylic acids is 2. The fourth-order valence-electron chi connectivity index (χ4n) is 3.16. The molecule has 0 saturated heterocycles. The van der Waals surface area contributed by atoms with Crippen LogP contribution in [0.15, 0.2) is 84.4 Å². The summed E-state index contributed by atoms with van der Waals surface area (Å²) in [6.07, 6.45) is 1.20. The maximum Gasteiger partial charge on any atom is 0.270 e. The molecule has 9 heteroatoms. The van der Waals surface area contributed by atoms with E-state index in [4.69, 9.17) is 4.74 Å². The van der Waals surface area contributed by atoms with Crippen molar-refractivity contribution in [3.8, 4) is 11.8 Å². The lowest BCUT2D eigenvalue weighted by Crippen LogP contribution is -2.27. The zero-order valence-electron chi connectivity index (χ0n) is 18.8. The van der Waals surface area contributed by atoms with Gasteiger partial charge in [0, 0.05) is 23.4 Å². The molecule has 9 nitrogen and oxygen atoms in total. The van der Waals surface area contributed by atoms with Crippen molar-refractivity contribution < 1.29 is 19.2 Å². The van der Waals surface area contributed by atoms with E-state index in [-0.39, 0.29) is 35.2 Å². The third-order valence-corrected chi connectivity index (χ3v) is 4.93. The van der Waals surface area contributed by atoms with Crippen LogP contribution in [-0.4, -0.2) is 23.3 Å². The molecule has 2 N–H and O–H groups in total. The van der Waals surface area contributed by atoms with Crippen molar-refractivity contribution in [1.29, 1.82) is 5.26 Å². The molecule has 0 bridgehead atoms. The van der Waals surface area contributed by atoms with Gasteiger partial charge in [0.15, 0.2) is 6.61 Å². The van der Waals surface area contributed by atoms with Crippen LogP contribution in [0, 0.1) is 21.4 Å². The van der Waals surface area contributed by atoms with E-state index in [1.165, 1.54) is 24.3 Å². The Bertz CT molecular complexity index is 1280. The number of rotatable bonds is 9. The molecular weight excluding hydrogens is 448 g/mol. The molecule has 0 saturated carbocycles. The fourth-order valence-corrected chi connectivity index (χ4v) is 3.16. The second kappa shape index (κ2) is 11.8. The maximum atomic E-state index is 12.7. The summed E-state index contributed by atoms with van der Waals surface area (Å²) in [5.41, 5.74) is 1.02. The van der Waals surface area contributed by atoms with E-state index in [0.717, 1.165) is 5.56 Å². The highest BCUT2D eigenvalue weighted by Gasteiger charge is 2.17. The van der Waals surface area contributed by atoms with Gasteiger partial charge in [-0.1, -0.05) is 48.5 Å². The van der Waals surface area contributed by atoms with Crippen LogP contribution in [0.3, 0.4) is 0 Å². The summed E-state index contributed by atoms with van der Waals surface area (Å²) in [6, 6.07) is 23.1. The molecule has 3 aromatic rings. The Labute approximate surface area is 201 Å². The van der Waals surface area contributed by atoms with Crippen LogP contribution < -0.4 is 15.4 Å². The Balaban J connectivity index is 1.80. The van der Waals surface area contributed by atoms with Crippen LogP contribution in [0.25, 0.3) is 6.08 Å². The number of amides is 2. The van der Waals surface area contributed by atoms with E-state index >= 15 is 0 Å². The van der Waals surface area contributed by atoms with Crippen LogP contribution in [0.5, 0.6) is 5.75 Å². The van der Waals surface area contributed by atoms with E-state index in [1.807, 2.05) is 42.5 Å². The molecule has 0 aliphatic rings. The number of carbonyl (C=O) groups is 2. The van der Waals surface area contributed by atoms with Crippen molar-refractivity contribution in [3.63, 3.8) is 0 Å². The number of benzene rings is 3. The van der Waals surface area contributed by atoms with Crippen LogP contribution in [0.1, 0.15) is 24.1 Å². The molecule has 35 heavy (non-hydrogen) atoms. The first-order chi connectivity index (χ1) is 16.9. The minimum absolute atomic E-state index is 0.107. The quantitative estimate of drug-likeness (QED) is 0.206. The zero-order chi connectivity index (χ0) is 25.2. The molecule has 0 aliphatic carbocycles. The molecule has 1 atom stereocenters. The summed E-state index contributed by atoms with van der Waals surface area (Å²) in [4.78, 5) is 35.6. The van der Waals surface area contributed by atoms with Crippen LogP contribution in [0.2, 0.25) is 0 Å². The number of hydrogen-bond donors (Lipinski definition) is 2. The van der Waals surface area contributed by atoms with Gasteiger partial charge in [-0.2, -0.15) is 5.26 Å². The average molecular weight is 470 g/mol. The zero-order valence-corrected chi connectivity index (χ0v) is 18.8. The molecule has 176 valence electrons. The van der Waals surface area contributed by atoms with Gasteiger partial charge in [-0.25, -0.2) is 0 Å². The van der Waals surface area contributed by atoms with Gasteiger partial charge in [0.05, 0.1) is 11.0 Å². The van der Waals surface area contributed by atoms with Crippen molar-refractivity contribution in [2.75, 3.05) is 11.9 Å². The third-order valence-electron chi connectivity index (χ3n) is 4.93. The van der Waals surface area contributed by atoms with E-state index in [0.29, 0.717) is 5.69 Å². The van der Waals surface area contributed by atoms with Gasteiger partial charge < -0.3 is 15.4 Å². The molecule has 0 heterocycles. The second-order valence-electron chi connectivity index (χ2n) is 7.46. The Hall–Kier alpha value is -4.97. The molecule has 0 fully saturated rings. The van der Waals surface area contributed by atoms with Crippen LogP contribution >= 0.6 is 0 Å². The van der Waals surface area contributed by atoms with Crippen molar-refractivity contribution in [3.05, 3.63) is 106 Å². The summed E-state index contributed by atoms with van der Waals surface area (Å²) >= 11 is 0. The number of anilines is 1. The van der Waals surface area contributed by atoms with Crippen LogP contribution in [-0.2, 0) is 9.59 Å². The van der Waals surface area contributed by atoms with E-state index in [2.05, 4.69) is 10.6 Å². The first kappa shape index (κ1) is 24.7. The number of nitrogens with one attached hydrogen (secondary N) is 2. The van der Waals surface area contributed by atoms with Crippen molar-refractivity contribution in [1.82, 2.24) is 5.32 Å². The third kappa shape index (κ3) is 7.00. The monoisotopic (exact) mass is 470 g/mol. The average Bonchev–Trinajstić information content (AvgIpc) is 2.87. The summed E-state index contributed by atoms with van der Waals surface area (Å²) < 4.78 is 5.56. The normalized spacial score (nSPS) is 11.6. The summed E-state index contributed by atoms with van der Waals surface area (Å²) in [7, 11) is 0. The lowest BCUT2D eigenvalue weighted by Gasteiger charge is -2.14. The molecule has 0 aromatic heterocycles. The molecule has 0 radical (unpaired) electrons. The number of nitro groups is 1. The van der Waals surface area contributed by atoms with Gasteiger partial charge in [0.2, 0.25) is 0 Å². The smallest absolute Gasteiger partial charge is 0.270 e. The number of nitro benzene ring substituents is 1. The number of ether oxygens (including phenoxy) is 1. The first-order valence-electron chi connectivity index (χ1n) is 10.6. The standard InChI is InChI=1S/C26H22N4O5/c1-18(19-8-4-2-5-9-19)28-26(32)21(16-27)14-20-15-23(30(33)34)12-13-24(20)35-17-25(31)29-22-10-6-3-7-11-22/h2-15,18H,17H2,1H3,(H,28,32)(H,29,31). The molecule has 2 amide bonds. The minimum Gasteiger partial charge on any atom is -0.483 e. The van der Waals surface area contributed by atoms with Crippen molar-refractivity contribution in [2.24, 2.45) is 0 Å². The van der Waals surface area contributed by atoms with E-state index in [9.17, 15) is 25.0 Å². The summed E-state index contributed by atoms with van der Waals surface area (Å²) in [5, 5.41) is 26.2. The second-order valence-corrected chi connectivity index (χ2v) is 7.46. The largest absolute Gasteiger partial charge is 0.483 e. The number of para-hydroxylation sites is 1. The van der Waals surface area contributed by atoms with Gasteiger partial charge in [-0.15, -0.1) is 0 Å². The van der Waals surface area contributed by atoms with Crippen molar-refractivity contribution in [2.45, 2.75) is 13.0 Å². The van der Waals surface area contributed by atoms with Gasteiger partial charge >= 0.3 is 0 Å². The van der Waals surface area contributed by atoms with Gasteiger partial charge in [-0.3, -0.25) is 19.7 Å². The van der Waals surface area contributed by atoms with Crippen LogP contribution in [0.4, 0.5) is 11.4 Å². The Morgan fingerprint density at radius 3 is 2.37 bits per heavy atom. The molecular formula is C26H22N4O5. The van der Waals surface area contributed by atoms with Gasteiger partial charge in [0.1, 0.15) is 17.4 Å². The predicted octanol–water partition coefficient (Wildman–Crippen LogP) is 4.40. The topological polar surface area (TPSA) is 134 Å². The first-order valence-corrected chi connectivity index (χ1v) is 10.6. The lowest BCUT2D eigenvalue weighted by atomic mass is 10.1. The molecule has 1 unspecified atom stereocenters. The number of hydrogen-bond acceptors (Lipinski definition) is 6. The van der Waals surface area contributed by atoms with E-state index < -0.39 is 16.7 Å². The van der Waals surface area contributed by atoms with E-state index in [1.54, 1.807) is 31.2 Å². The number of nitrogens with zero attached hydrogens (tertiary/aromatic N) is 2. The van der Waals surface area contributed by atoms with Crippen molar-refractivity contribution >= 4 is 29.3 Å². The SMILES string of the molecule is CC(NC(=O)C(C#N)=Cc1cc([N+](=O)[O-])ccc1OCC(=O)Nc1ccccc1)c1ccccc1. The highest BCUT2D eigenvalue weighted by atomic mass is 16.6. The Morgan fingerprint density at radius 2 is 1.74 bits per heavy atom. The molecule has 3 rings (SSSR count). The maximum absolute atomic E-state index is 12.7. The minimum atomic E-state index is -0.650. The highest BCUT2D eigenvalue weighted by Crippen LogP contribution is 2.27. The van der Waals surface area contributed by atoms with Gasteiger partial charge in [-0.05, 0) is 36.8 Å². The van der Waals surface area contributed by atoms with Gasteiger partial charge in [0.25, 0.3) is 17.5 Å².